The molecule has 0 unspecified atom stereocenters. The van der Waals surface area contributed by atoms with Gasteiger partial charge in [0.2, 0.25) is 0 Å². The summed E-state index contributed by atoms with van der Waals surface area (Å²) in [6.07, 6.45) is 1.09. The lowest BCUT2D eigenvalue weighted by atomic mass is 9.90. The summed E-state index contributed by atoms with van der Waals surface area (Å²) < 4.78 is 11.3. The van der Waals surface area contributed by atoms with Gasteiger partial charge < -0.3 is 24.2 Å². The van der Waals surface area contributed by atoms with E-state index in [-0.39, 0.29) is 0 Å². The topological polar surface area (TPSA) is 62.3 Å². The molecule has 0 aromatic heterocycles. The first kappa shape index (κ1) is 35.9. The minimum atomic E-state index is -1.41. The van der Waals surface area contributed by atoms with Gasteiger partial charge in [-0.25, -0.2) is 9.59 Å². The van der Waals surface area contributed by atoms with E-state index in [2.05, 4.69) is 39.0 Å². The Hall–Kier alpha value is -5.50. The summed E-state index contributed by atoms with van der Waals surface area (Å²) in [5, 5.41) is 1.23. The number of nitrogens with zero attached hydrogens (tertiary/aromatic N) is 3. The molecule has 9 heteroatoms. The summed E-state index contributed by atoms with van der Waals surface area (Å²) in [5.41, 5.74) is 6.24. The van der Waals surface area contributed by atoms with Crippen molar-refractivity contribution in [2.75, 3.05) is 28.9 Å². The first-order valence-corrected chi connectivity index (χ1v) is 18.2. The third-order valence-electron chi connectivity index (χ3n) is 9.96. The molecular formula is C44H39Cl2N3O4. The quantitative estimate of drug-likeness (QED) is 0.104. The Kier molecular flexibility index (Phi) is 10.3. The molecule has 2 heterocycles. The van der Waals surface area contributed by atoms with Crippen molar-refractivity contribution < 1.29 is 19.1 Å². The Morgan fingerprint density at radius 2 is 1.09 bits per heavy atom. The number of esters is 2. The molecule has 268 valence electrons. The first-order valence-electron chi connectivity index (χ1n) is 17.4. The Bertz CT molecular complexity index is 2110. The van der Waals surface area contributed by atoms with Gasteiger partial charge in [-0.2, -0.15) is 0 Å². The number of halogens is 2. The van der Waals surface area contributed by atoms with Crippen molar-refractivity contribution in [1.82, 2.24) is 0 Å². The second-order valence-electron chi connectivity index (χ2n) is 13.0. The summed E-state index contributed by atoms with van der Waals surface area (Å²) in [4.78, 5) is 35.4. The Morgan fingerprint density at radius 3 is 1.58 bits per heavy atom. The molecule has 0 bridgehead atoms. The highest BCUT2D eigenvalue weighted by Gasteiger charge is 2.64. The average molecular weight is 745 g/mol. The van der Waals surface area contributed by atoms with Crippen molar-refractivity contribution in [3.63, 3.8) is 0 Å². The zero-order valence-corrected chi connectivity index (χ0v) is 31.3. The molecule has 0 atom stereocenters. The number of fused-ring (bicyclic) bond motifs is 1. The third-order valence-corrected chi connectivity index (χ3v) is 10.5. The number of allylic oxidation sites excluding steroid dienone is 1. The van der Waals surface area contributed by atoms with E-state index in [0.717, 1.165) is 39.4 Å². The number of para-hydroxylation sites is 3. The van der Waals surface area contributed by atoms with Crippen LogP contribution in [0.5, 0.6) is 0 Å². The number of hydrogen-bond donors (Lipinski definition) is 0. The molecule has 7 nitrogen and oxygen atoms in total. The van der Waals surface area contributed by atoms with Gasteiger partial charge in [0, 0.05) is 34.5 Å². The van der Waals surface area contributed by atoms with Gasteiger partial charge in [-0.1, -0.05) is 108 Å². The van der Waals surface area contributed by atoms with Crippen LogP contribution in [0.1, 0.15) is 30.0 Å². The van der Waals surface area contributed by atoms with E-state index in [1.54, 1.807) is 6.92 Å². The molecular weight excluding hydrogens is 705 g/mol. The summed E-state index contributed by atoms with van der Waals surface area (Å²) >= 11 is 12.8. The molecule has 1 spiro atoms. The lowest BCUT2D eigenvalue weighted by Gasteiger charge is -2.46. The van der Waals surface area contributed by atoms with Gasteiger partial charge in [0.1, 0.15) is 5.57 Å². The van der Waals surface area contributed by atoms with Crippen LogP contribution in [0.3, 0.4) is 0 Å². The van der Waals surface area contributed by atoms with E-state index in [9.17, 15) is 9.59 Å². The number of hydrogen-bond acceptors (Lipinski definition) is 7. The lowest BCUT2D eigenvalue weighted by Crippen LogP contribution is -2.61. The first-order chi connectivity index (χ1) is 25.8. The van der Waals surface area contributed by atoms with E-state index >= 15 is 0 Å². The number of rotatable bonds is 10. The molecule has 53 heavy (non-hydrogen) atoms. The standard InChI is InChI=1S/C44H39Cl2N3O4/c1-30(42(50)52-2)41-44(40(43(51)53-3)39(27-22-31-12-6-4-7-13-31)49(41)36-14-8-5-9-15-36)47(28-32-18-23-34(45)24-19-32)37-16-10-11-17-38(37)48(44)29-33-20-25-35(46)26-21-33/h4-21,23-26H,22,27-29H2,1-3H3. The van der Waals surface area contributed by atoms with Crippen molar-refractivity contribution in [3.05, 3.63) is 183 Å². The second kappa shape index (κ2) is 15.2. The van der Waals surface area contributed by atoms with Gasteiger partial charge in [-0.05, 0) is 85.0 Å². The van der Waals surface area contributed by atoms with Crippen molar-refractivity contribution in [1.29, 1.82) is 0 Å². The van der Waals surface area contributed by atoms with Crippen molar-refractivity contribution in [2.45, 2.75) is 38.5 Å². The summed E-state index contributed by atoms with van der Waals surface area (Å²) in [6.45, 7) is 2.49. The van der Waals surface area contributed by atoms with Gasteiger partial charge in [0.25, 0.3) is 0 Å². The zero-order valence-electron chi connectivity index (χ0n) is 29.8. The largest absolute Gasteiger partial charge is 0.466 e. The van der Waals surface area contributed by atoms with E-state index < -0.39 is 17.6 Å². The lowest BCUT2D eigenvalue weighted by molar-refractivity contribution is -0.137. The minimum Gasteiger partial charge on any atom is -0.466 e. The molecule has 2 aliphatic rings. The van der Waals surface area contributed by atoms with Crippen LogP contribution in [0, 0.1) is 0 Å². The van der Waals surface area contributed by atoms with Crippen LogP contribution < -0.4 is 14.7 Å². The number of anilines is 3. The van der Waals surface area contributed by atoms with Crippen LogP contribution in [0.25, 0.3) is 0 Å². The highest BCUT2D eigenvalue weighted by Crippen LogP contribution is 2.60. The molecule has 0 fully saturated rings. The maximum atomic E-state index is 14.9. The third kappa shape index (κ3) is 6.56. The molecule has 0 saturated heterocycles. The van der Waals surface area contributed by atoms with Crippen LogP contribution in [0.2, 0.25) is 10.0 Å². The fourth-order valence-corrected chi connectivity index (χ4v) is 7.91. The Morgan fingerprint density at radius 1 is 0.604 bits per heavy atom. The molecule has 0 saturated carbocycles. The van der Waals surface area contributed by atoms with Crippen molar-refractivity contribution in [2.24, 2.45) is 0 Å². The zero-order chi connectivity index (χ0) is 37.1. The highest BCUT2D eigenvalue weighted by molar-refractivity contribution is 6.30. The fourth-order valence-electron chi connectivity index (χ4n) is 7.65. The highest BCUT2D eigenvalue weighted by atomic mass is 35.5. The summed E-state index contributed by atoms with van der Waals surface area (Å²) in [5.74, 6) is -1.01. The SMILES string of the molecule is COC(=O)C(C)=C1N(c2ccccc2)C(CCc2ccccc2)=C(C(=O)OC)C12N(Cc1ccc(Cl)cc1)c1ccccc1N2Cc1ccc(Cl)cc1. The molecule has 0 radical (unpaired) electrons. The van der Waals surface area contributed by atoms with Gasteiger partial charge in [-0.3, -0.25) is 0 Å². The second-order valence-corrected chi connectivity index (χ2v) is 13.9. The minimum absolute atomic E-state index is 0.350. The molecule has 2 aliphatic heterocycles. The number of benzene rings is 5. The molecule has 7 rings (SSSR count). The van der Waals surface area contributed by atoms with Crippen molar-refractivity contribution in [3.8, 4) is 0 Å². The van der Waals surface area contributed by atoms with Gasteiger partial charge in [-0.15, -0.1) is 0 Å². The molecule has 0 amide bonds. The Labute approximate surface area is 320 Å². The van der Waals surface area contributed by atoms with Crippen molar-refractivity contribution >= 4 is 52.2 Å². The number of aryl methyl sites for hydroxylation is 1. The van der Waals surface area contributed by atoms with Crippen LogP contribution in [-0.4, -0.2) is 31.8 Å². The van der Waals surface area contributed by atoms with Gasteiger partial charge >= 0.3 is 11.9 Å². The summed E-state index contributed by atoms with van der Waals surface area (Å²) in [7, 11) is 2.79. The smallest absolute Gasteiger partial charge is 0.340 e. The normalized spacial score (nSPS) is 15.5. The molecule has 0 aliphatic carbocycles. The predicted molar refractivity (Wildman–Crippen MR) is 212 cm³/mol. The van der Waals surface area contributed by atoms with E-state index in [0.29, 0.717) is 52.8 Å². The fraction of sp³-hybridized carbons (Fsp3) is 0.182. The van der Waals surface area contributed by atoms with Gasteiger partial charge in [0.15, 0.2) is 5.66 Å². The number of carbonyl (C=O) groups is 2. The molecule has 5 aromatic rings. The van der Waals surface area contributed by atoms with Crippen LogP contribution >= 0.6 is 23.2 Å². The van der Waals surface area contributed by atoms with Crippen LogP contribution in [-0.2, 0) is 38.6 Å². The monoisotopic (exact) mass is 743 g/mol. The maximum Gasteiger partial charge on any atom is 0.340 e. The summed E-state index contributed by atoms with van der Waals surface area (Å²) in [6, 6.07) is 43.5. The number of carbonyl (C=O) groups excluding carboxylic acids is 2. The maximum absolute atomic E-state index is 14.9. The number of ether oxygens (including phenoxy) is 2. The molecule has 0 N–H and O–H groups in total. The predicted octanol–water partition coefficient (Wildman–Crippen LogP) is 9.74. The number of methoxy groups -OCH3 is 2. The Balaban J connectivity index is 1.61. The van der Waals surface area contributed by atoms with E-state index in [1.165, 1.54) is 14.2 Å². The van der Waals surface area contributed by atoms with Crippen LogP contribution in [0.15, 0.2) is 156 Å². The van der Waals surface area contributed by atoms with E-state index in [1.807, 2.05) is 109 Å². The van der Waals surface area contributed by atoms with Crippen LogP contribution in [0.4, 0.5) is 17.1 Å². The van der Waals surface area contributed by atoms with Gasteiger partial charge in [0.05, 0.1) is 36.9 Å². The molecule has 5 aromatic carbocycles. The van der Waals surface area contributed by atoms with E-state index in [4.69, 9.17) is 32.7 Å². The average Bonchev–Trinajstić information content (AvgIpc) is 3.64.